The van der Waals surface area contributed by atoms with Gasteiger partial charge in [-0.25, -0.2) is 0 Å². The first kappa shape index (κ1) is 7.50. The predicted octanol–water partition coefficient (Wildman–Crippen LogP) is 1.46. The van der Waals surface area contributed by atoms with Crippen LogP contribution < -0.4 is 5.56 Å². The van der Waals surface area contributed by atoms with Crippen molar-refractivity contribution in [2.75, 3.05) is 0 Å². The molecule has 3 nitrogen and oxygen atoms in total. The van der Waals surface area contributed by atoms with Crippen LogP contribution in [0.15, 0.2) is 34.1 Å². The van der Waals surface area contributed by atoms with Crippen molar-refractivity contribution in [2.24, 2.45) is 4.99 Å². The van der Waals surface area contributed by atoms with E-state index in [1.165, 1.54) is 0 Å². The molecule has 0 aliphatic carbocycles. The molecule has 0 fully saturated rings. The lowest BCUT2D eigenvalue weighted by Crippen LogP contribution is -2.10. The number of aliphatic imine (C=N–C) groups is 1. The Morgan fingerprint density at radius 3 is 2.86 bits per heavy atom. The van der Waals surface area contributed by atoms with Crippen LogP contribution in [0.2, 0.25) is 0 Å². The first-order valence-electron chi connectivity index (χ1n) is 4.50. The molecule has 0 unspecified atom stereocenters. The molecule has 0 bridgehead atoms. The van der Waals surface area contributed by atoms with Crippen molar-refractivity contribution in [1.29, 1.82) is 0 Å². The summed E-state index contributed by atoms with van der Waals surface area (Å²) in [5.41, 5.74) is 1.95. The van der Waals surface area contributed by atoms with Gasteiger partial charge in [0.05, 0.1) is 12.2 Å². The number of aromatic amines is 1. The maximum absolute atomic E-state index is 11.6. The molecule has 1 aliphatic heterocycles. The molecule has 0 radical (unpaired) electrons. The molecule has 1 N–H and O–H groups in total. The van der Waals surface area contributed by atoms with Gasteiger partial charge in [-0.1, -0.05) is 18.2 Å². The van der Waals surface area contributed by atoms with E-state index in [0.717, 1.165) is 22.0 Å². The summed E-state index contributed by atoms with van der Waals surface area (Å²) in [6.45, 7) is 0.673. The summed E-state index contributed by atoms with van der Waals surface area (Å²) in [5.74, 6) is 0. The molecule has 2 aromatic rings. The van der Waals surface area contributed by atoms with Crippen LogP contribution in [0.25, 0.3) is 10.8 Å². The summed E-state index contributed by atoms with van der Waals surface area (Å²) in [7, 11) is 0. The number of rotatable bonds is 0. The highest BCUT2D eigenvalue weighted by Gasteiger charge is 2.12. The molecule has 2 heterocycles. The molecular weight excluding hydrogens is 176 g/mol. The Bertz CT molecular complexity index is 596. The third-order valence-corrected chi connectivity index (χ3v) is 2.54. The largest absolute Gasteiger partial charge is 0.320 e. The van der Waals surface area contributed by atoms with Crippen molar-refractivity contribution in [3.63, 3.8) is 0 Å². The molecule has 0 amide bonds. The lowest BCUT2D eigenvalue weighted by Gasteiger charge is -2.02. The lowest BCUT2D eigenvalue weighted by molar-refractivity contribution is 1.10. The summed E-state index contributed by atoms with van der Waals surface area (Å²) in [6, 6.07) is 7.63. The maximum Gasteiger partial charge on any atom is 0.256 e. The first-order chi connectivity index (χ1) is 6.86. The van der Waals surface area contributed by atoms with E-state index in [1.807, 2.05) is 24.3 Å². The van der Waals surface area contributed by atoms with Crippen molar-refractivity contribution in [3.8, 4) is 0 Å². The monoisotopic (exact) mass is 184 g/mol. The third kappa shape index (κ3) is 0.865. The Labute approximate surface area is 80.1 Å². The van der Waals surface area contributed by atoms with Gasteiger partial charge in [0.25, 0.3) is 5.56 Å². The molecule has 3 rings (SSSR count). The lowest BCUT2D eigenvalue weighted by atomic mass is 10.1. The second-order valence-corrected chi connectivity index (χ2v) is 3.36. The minimum atomic E-state index is -0.0345. The minimum Gasteiger partial charge on any atom is -0.320 e. The smallest absolute Gasteiger partial charge is 0.256 e. The van der Waals surface area contributed by atoms with E-state index >= 15 is 0 Å². The fraction of sp³-hybridized carbons (Fsp3) is 0.0909. The zero-order chi connectivity index (χ0) is 9.54. The molecule has 0 saturated heterocycles. The Balaban J connectivity index is 2.57. The fourth-order valence-electron chi connectivity index (χ4n) is 1.86. The number of nitrogens with zero attached hydrogens (tertiary/aromatic N) is 1. The van der Waals surface area contributed by atoms with Gasteiger partial charge in [-0.2, -0.15) is 0 Å². The van der Waals surface area contributed by atoms with Gasteiger partial charge >= 0.3 is 0 Å². The molecule has 1 aromatic heterocycles. The van der Waals surface area contributed by atoms with Crippen LogP contribution in [0.4, 0.5) is 0 Å². The Kier molecular flexibility index (Phi) is 1.36. The number of nitrogens with one attached hydrogen (secondary N) is 1. The minimum absolute atomic E-state index is 0.0345. The van der Waals surface area contributed by atoms with E-state index in [0.29, 0.717) is 6.54 Å². The standard InChI is InChI=1S/C11H8N2O/c14-11-8-4-2-1-3-7(8)9-5-12-6-10(9)13-11/h1-4,6H,5H2,(H,13,14). The molecule has 0 saturated carbocycles. The average molecular weight is 184 g/mol. The van der Waals surface area contributed by atoms with Crippen molar-refractivity contribution < 1.29 is 0 Å². The van der Waals surface area contributed by atoms with Crippen LogP contribution in [0, 0.1) is 0 Å². The van der Waals surface area contributed by atoms with Crippen LogP contribution in [0.5, 0.6) is 0 Å². The van der Waals surface area contributed by atoms with E-state index in [4.69, 9.17) is 0 Å². The SMILES string of the molecule is O=c1[nH]c2c(c3ccccc13)CN=C2. The second kappa shape index (κ2) is 2.54. The molecule has 14 heavy (non-hydrogen) atoms. The van der Waals surface area contributed by atoms with Gasteiger partial charge in [-0.05, 0) is 11.5 Å². The number of benzene rings is 1. The van der Waals surface area contributed by atoms with Gasteiger partial charge in [-0.15, -0.1) is 0 Å². The summed E-state index contributed by atoms with van der Waals surface area (Å²) < 4.78 is 0. The quantitative estimate of drug-likeness (QED) is 0.662. The van der Waals surface area contributed by atoms with Gasteiger partial charge in [0.2, 0.25) is 0 Å². The number of H-pyrrole nitrogens is 1. The molecule has 0 atom stereocenters. The van der Waals surface area contributed by atoms with Crippen LogP contribution in [-0.4, -0.2) is 11.2 Å². The maximum atomic E-state index is 11.6. The van der Waals surface area contributed by atoms with E-state index in [9.17, 15) is 4.79 Å². The van der Waals surface area contributed by atoms with Crippen LogP contribution in [0.1, 0.15) is 11.3 Å². The van der Waals surface area contributed by atoms with Gasteiger partial charge in [0.1, 0.15) is 0 Å². The highest BCUT2D eigenvalue weighted by atomic mass is 16.1. The van der Waals surface area contributed by atoms with Gasteiger partial charge < -0.3 is 4.98 Å². The molecular formula is C11H8N2O. The van der Waals surface area contributed by atoms with Gasteiger partial charge in [0.15, 0.2) is 0 Å². The highest BCUT2D eigenvalue weighted by Crippen LogP contribution is 2.20. The number of fused-ring (bicyclic) bond motifs is 3. The topological polar surface area (TPSA) is 45.2 Å². The molecule has 68 valence electrons. The highest BCUT2D eigenvalue weighted by molar-refractivity contribution is 5.94. The fourth-order valence-corrected chi connectivity index (χ4v) is 1.86. The summed E-state index contributed by atoms with van der Waals surface area (Å²) in [6.07, 6.45) is 1.73. The summed E-state index contributed by atoms with van der Waals surface area (Å²) in [4.78, 5) is 18.6. The Morgan fingerprint density at radius 1 is 1.21 bits per heavy atom. The first-order valence-corrected chi connectivity index (χ1v) is 4.50. The van der Waals surface area contributed by atoms with E-state index in [1.54, 1.807) is 6.21 Å². The van der Waals surface area contributed by atoms with Crippen LogP contribution in [-0.2, 0) is 6.54 Å². The van der Waals surface area contributed by atoms with E-state index in [-0.39, 0.29) is 5.56 Å². The molecule has 0 spiro atoms. The van der Waals surface area contributed by atoms with Crippen LogP contribution in [0.3, 0.4) is 0 Å². The summed E-state index contributed by atoms with van der Waals surface area (Å²) in [5, 5.41) is 1.76. The number of hydrogen-bond donors (Lipinski definition) is 1. The third-order valence-electron chi connectivity index (χ3n) is 2.54. The molecule has 1 aromatic carbocycles. The van der Waals surface area contributed by atoms with E-state index in [2.05, 4.69) is 9.98 Å². The number of aromatic nitrogens is 1. The van der Waals surface area contributed by atoms with Crippen molar-refractivity contribution in [1.82, 2.24) is 4.98 Å². The molecule has 1 aliphatic rings. The van der Waals surface area contributed by atoms with Gasteiger partial charge in [0, 0.05) is 17.2 Å². The van der Waals surface area contributed by atoms with Crippen molar-refractivity contribution in [3.05, 3.63) is 45.9 Å². The number of hydrogen-bond acceptors (Lipinski definition) is 2. The zero-order valence-electron chi connectivity index (χ0n) is 7.45. The zero-order valence-corrected chi connectivity index (χ0v) is 7.45. The average Bonchev–Trinajstić information content (AvgIpc) is 2.66. The van der Waals surface area contributed by atoms with Crippen LogP contribution >= 0.6 is 0 Å². The number of pyridine rings is 1. The predicted molar refractivity (Wildman–Crippen MR) is 55.9 cm³/mol. The van der Waals surface area contributed by atoms with Gasteiger partial charge in [-0.3, -0.25) is 9.79 Å². The normalized spacial score (nSPS) is 13.4. The van der Waals surface area contributed by atoms with Crippen molar-refractivity contribution >= 4 is 17.0 Å². The molecule has 3 heteroatoms. The Morgan fingerprint density at radius 2 is 2.00 bits per heavy atom. The summed E-state index contributed by atoms with van der Waals surface area (Å²) >= 11 is 0. The van der Waals surface area contributed by atoms with Crippen molar-refractivity contribution in [2.45, 2.75) is 6.54 Å². The Hall–Kier alpha value is -1.90. The van der Waals surface area contributed by atoms with E-state index < -0.39 is 0 Å². The second-order valence-electron chi connectivity index (χ2n) is 3.36.